The van der Waals surface area contributed by atoms with Crippen molar-refractivity contribution in [1.82, 2.24) is 4.98 Å². The molecule has 2 rings (SSSR count). The molecule has 1 unspecified atom stereocenters. The second kappa shape index (κ2) is 7.41. The van der Waals surface area contributed by atoms with Crippen molar-refractivity contribution in [3.8, 4) is 6.19 Å². The fourth-order valence-electron chi connectivity index (χ4n) is 1.72. The third-order valence-corrected chi connectivity index (χ3v) is 3.18. The van der Waals surface area contributed by atoms with Crippen molar-refractivity contribution in [1.29, 1.82) is 5.26 Å². The largest absolute Gasteiger partial charge is 0.493 e. The van der Waals surface area contributed by atoms with Crippen molar-refractivity contribution in [2.45, 2.75) is 12.5 Å². The monoisotopic (exact) mass is 329 g/mol. The standard InChI is InChI=1S/C15H12BrN3O/c16-13-4-2-8-20-15(12-3-1-7-18-10-12)9-14(6-5-13)19-11-17/h1-8,10,15H,9H2/b6-5+,8-2+,13-4+,19-14-. The van der Waals surface area contributed by atoms with Crippen molar-refractivity contribution in [2.24, 2.45) is 4.99 Å². The summed E-state index contributed by atoms with van der Waals surface area (Å²) < 4.78 is 6.60. The lowest BCUT2D eigenvalue weighted by molar-refractivity contribution is 0.153. The van der Waals surface area contributed by atoms with E-state index in [9.17, 15) is 0 Å². The average Bonchev–Trinajstić information content (AvgIpc) is 2.48. The number of allylic oxidation sites excluding steroid dienone is 5. The van der Waals surface area contributed by atoms with Gasteiger partial charge in [0.2, 0.25) is 6.19 Å². The van der Waals surface area contributed by atoms with Crippen LogP contribution in [0.5, 0.6) is 0 Å². The molecule has 0 bridgehead atoms. The van der Waals surface area contributed by atoms with Crippen molar-refractivity contribution in [2.75, 3.05) is 0 Å². The number of ether oxygens (including phenoxy) is 1. The number of nitrogens with zero attached hydrogens (tertiary/aromatic N) is 3. The molecule has 2 heterocycles. The number of nitriles is 1. The molecular weight excluding hydrogens is 318 g/mol. The molecule has 0 amide bonds. The molecule has 0 N–H and O–H groups in total. The molecule has 1 aromatic heterocycles. The van der Waals surface area contributed by atoms with Crippen LogP contribution in [-0.2, 0) is 4.74 Å². The molecule has 1 aliphatic rings. The topological polar surface area (TPSA) is 58.3 Å². The lowest BCUT2D eigenvalue weighted by atomic mass is 10.0. The van der Waals surface area contributed by atoms with Crippen LogP contribution in [0.1, 0.15) is 18.1 Å². The first-order valence-electron chi connectivity index (χ1n) is 6.01. The minimum Gasteiger partial charge on any atom is -0.493 e. The van der Waals surface area contributed by atoms with E-state index in [1.54, 1.807) is 24.7 Å². The van der Waals surface area contributed by atoms with Crippen molar-refractivity contribution < 1.29 is 4.74 Å². The second-order valence-electron chi connectivity index (χ2n) is 4.03. The Balaban J connectivity index is 2.32. The maximum atomic E-state index is 8.76. The molecular formula is C15H12BrN3O. The van der Waals surface area contributed by atoms with Crippen molar-refractivity contribution in [3.63, 3.8) is 0 Å². The van der Waals surface area contributed by atoms with E-state index in [1.165, 1.54) is 0 Å². The van der Waals surface area contributed by atoms with Crippen LogP contribution in [0.15, 0.2) is 64.6 Å². The van der Waals surface area contributed by atoms with Gasteiger partial charge in [0.15, 0.2) is 0 Å². The van der Waals surface area contributed by atoms with Gasteiger partial charge in [0, 0.05) is 28.9 Å². The Hall–Kier alpha value is -2.19. The number of hydrogen-bond acceptors (Lipinski definition) is 4. The smallest absolute Gasteiger partial charge is 0.205 e. The Morgan fingerprint density at radius 1 is 1.45 bits per heavy atom. The van der Waals surface area contributed by atoms with Gasteiger partial charge in [-0.3, -0.25) is 4.98 Å². The van der Waals surface area contributed by atoms with Crippen LogP contribution in [0.25, 0.3) is 0 Å². The van der Waals surface area contributed by atoms with Crippen LogP contribution in [0.3, 0.4) is 0 Å². The van der Waals surface area contributed by atoms with E-state index in [4.69, 9.17) is 10.00 Å². The second-order valence-corrected chi connectivity index (χ2v) is 4.95. The summed E-state index contributed by atoms with van der Waals surface area (Å²) in [6.07, 6.45) is 14.5. The summed E-state index contributed by atoms with van der Waals surface area (Å²) >= 11 is 3.39. The van der Waals surface area contributed by atoms with E-state index in [1.807, 2.05) is 36.6 Å². The van der Waals surface area contributed by atoms with Crippen molar-refractivity contribution >= 4 is 21.6 Å². The molecule has 0 saturated heterocycles. The number of aliphatic imine (C=N–C) groups is 1. The molecule has 0 fully saturated rings. The van der Waals surface area contributed by atoms with Gasteiger partial charge in [-0.05, 0) is 30.4 Å². The quantitative estimate of drug-likeness (QED) is 0.736. The average molecular weight is 330 g/mol. The maximum absolute atomic E-state index is 8.76. The number of rotatable bonds is 1. The van der Waals surface area contributed by atoms with Gasteiger partial charge in [0.25, 0.3) is 0 Å². The molecule has 1 aromatic rings. The molecule has 0 spiro atoms. The SMILES string of the molecule is N#C/N=C1/C=C/C(Br)=C\C=C\OC(c2cccnc2)C1. The molecule has 20 heavy (non-hydrogen) atoms. The van der Waals surface area contributed by atoms with Gasteiger partial charge in [-0.2, -0.15) is 10.3 Å². The van der Waals surface area contributed by atoms with Crippen LogP contribution in [0, 0.1) is 11.5 Å². The lowest BCUT2D eigenvalue weighted by Crippen LogP contribution is -2.08. The van der Waals surface area contributed by atoms with Gasteiger partial charge in [0.1, 0.15) is 6.10 Å². The van der Waals surface area contributed by atoms with Gasteiger partial charge >= 0.3 is 0 Å². The number of pyridine rings is 1. The minimum atomic E-state index is -0.220. The molecule has 1 aliphatic heterocycles. The highest BCUT2D eigenvalue weighted by molar-refractivity contribution is 9.11. The molecule has 100 valence electrons. The lowest BCUT2D eigenvalue weighted by Gasteiger charge is -2.16. The molecule has 0 radical (unpaired) electrons. The van der Waals surface area contributed by atoms with E-state index in [2.05, 4.69) is 25.9 Å². The fraction of sp³-hybridized carbons (Fsp3) is 0.133. The first kappa shape index (κ1) is 14.2. The zero-order chi connectivity index (χ0) is 14.2. The third kappa shape index (κ3) is 4.18. The summed E-state index contributed by atoms with van der Waals surface area (Å²) in [6, 6.07) is 3.80. The number of aromatic nitrogens is 1. The zero-order valence-corrected chi connectivity index (χ0v) is 12.2. The molecule has 0 aromatic carbocycles. The number of hydrogen-bond donors (Lipinski definition) is 0. The highest BCUT2D eigenvalue weighted by Crippen LogP contribution is 2.23. The predicted octanol–water partition coefficient (Wildman–Crippen LogP) is 3.81. The fourth-order valence-corrected chi connectivity index (χ4v) is 2.00. The zero-order valence-electron chi connectivity index (χ0n) is 10.6. The Morgan fingerprint density at radius 3 is 3.10 bits per heavy atom. The summed E-state index contributed by atoms with van der Waals surface area (Å²) in [7, 11) is 0. The third-order valence-electron chi connectivity index (χ3n) is 2.66. The Kier molecular flexibility index (Phi) is 5.27. The molecule has 0 saturated carbocycles. The van der Waals surface area contributed by atoms with Crippen LogP contribution in [0.2, 0.25) is 0 Å². The van der Waals surface area contributed by atoms with E-state index in [-0.39, 0.29) is 6.10 Å². The first-order chi connectivity index (χ1) is 9.79. The molecule has 1 atom stereocenters. The summed E-state index contributed by atoms with van der Waals surface area (Å²) in [5.41, 5.74) is 1.60. The summed E-state index contributed by atoms with van der Waals surface area (Å²) in [4.78, 5) is 7.92. The van der Waals surface area contributed by atoms with Gasteiger partial charge in [-0.1, -0.05) is 22.0 Å². The van der Waals surface area contributed by atoms with E-state index in [0.29, 0.717) is 12.1 Å². The van der Waals surface area contributed by atoms with E-state index in [0.717, 1.165) is 10.0 Å². The highest BCUT2D eigenvalue weighted by Gasteiger charge is 2.14. The first-order valence-corrected chi connectivity index (χ1v) is 6.80. The molecule has 0 aliphatic carbocycles. The van der Waals surface area contributed by atoms with Gasteiger partial charge < -0.3 is 4.74 Å². The van der Waals surface area contributed by atoms with Gasteiger partial charge in [-0.15, -0.1) is 0 Å². The van der Waals surface area contributed by atoms with Crippen molar-refractivity contribution in [3.05, 3.63) is 65.1 Å². The summed E-state index contributed by atoms with van der Waals surface area (Å²) in [6.45, 7) is 0. The van der Waals surface area contributed by atoms with E-state index >= 15 is 0 Å². The van der Waals surface area contributed by atoms with Crippen LogP contribution < -0.4 is 0 Å². The van der Waals surface area contributed by atoms with E-state index < -0.39 is 0 Å². The highest BCUT2D eigenvalue weighted by atomic mass is 79.9. The normalized spacial score (nSPS) is 26.7. The number of halogens is 1. The Labute approximate surface area is 125 Å². The van der Waals surface area contributed by atoms with Crippen LogP contribution in [0.4, 0.5) is 0 Å². The molecule has 5 heteroatoms. The predicted molar refractivity (Wildman–Crippen MR) is 81.0 cm³/mol. The van der Waals surface area contributed by atoms with Gasteiger partial charge in [0.05, 0.1) is 12.0 Å². The van der Waals surface area contributed by atoms with Gasteiger partial charge in [-0.25, -0.2) is 0 Å². The minimum absolute atomic E-state index is 0.220. The van der Waals surface area contributed by atoms with Crippen LogP contribution >= 0.6 is 15.9 Å². The molecule has 4 nitrogen and oxygen atoms in total. The summed E-state index contributed by atoms with van der Waals surface area (Å²) in [5.74, 6) is 0. The Bertz CT molecular complexity index is 612. The Morgan fingerprint density at radius 2 is 2.35 bits per heavy atom. The summed E-state index contributed by atoms with van der Waals surface area (Å²) in [5, 5.41) is 8.76. The maximum Gasteiger partial charge on any atom is 0.205 e. The van der Waals surface area contributed by atoms with Crippen LogP contribution in [-0.4, -0.2) is 10.7 Å².